The van der Waals surface area contributed by atoms with Crippen LogP contribution in [-0.2, 0) is 4.74 Å². The first kappa shape index (κ1) is 22.3. The predicted molar refractivity (Wildman–Crippen MR) is 127 cm³/mol. The second-order valence-electron chi connectivity index (χ2n) is 8.28. The van der Waals surface area contributed by atoms with Gasteiger partial charge in [-0.3, -0.25) is 0 Å². The van der Waals surface area contributed by atoms with Crippen LogP contribution in [0.5, 0.6) is 11.5 Å². The van der Waals surface area contributed by atoms with Gasteiger partial charge in [0.25, 0.3) is 0 Å². The van der Waals surface area contributed by atoms with Crippen molar-refractivity contribution in [2.24, 2.45) is 0 Å². The summed E-state index contributed by atoms with van der Waals surface area (Å²) in [6.45, 7) is 5.15. The Morgan fingerprint density at radius 1 is 1.06 bits per heavy atom. The van der Waals surface area contributed by atoms with Crippen molar-refractivity contribution in [2.45, 2.75) is 31.9 Å². The number of rotatable bonds is 9. The standard InChI is InChI=1S/C25H32N4O3/c1-18(19-7-5-4-6-8-19)28-25-21-15-24(32-20-9-11-29(2)12-10-20)23(31-14-13-30-3)16-22(21)26-17-27-25/h4-8,15-18,20H,9-14H2,1-3H3,(H,26,27,28)/t18-/m1/s1. The molecule has 0 saturated carbocycles. The van der Waals surface area contributed by atoms with E-state index in [2.05, 4.69) is 46.3 Å². The van der Waals surface area contributed by atoms with Crippen LogP contribution in [-0.4, -0.2) is 61.4 Å². The van der Waals surface area contributed by atoms with Crippen molar-refractivity contribution in [3.63, 3.8) is 0 Å². The summed E-state index contributed by atoms with van der Waals surface area (Å²) in [5.41, 5.74) is 2.01. The van der Waals surface area contributed by atoms with Crippen LogP contribution in [0.1, 0.15) is 31.4 Å². The zero-order valence-corrected chi connectivity index (χ0v) is 19.1. The Bertz CT molecular complexity index is 1010. The lowest BCUT2D eigenvalue weighted by atomic mass is 10.1. The summed E-state index contributed by atoms with van der Waals surface area (Å²) < 4.78 is 17.6. The van der Waals surface area contributed by atoms with Gasteiger partial charge in [0, 0.05) is 37.7 Å². The molecule has 1 N–H and O–H groups in total. The molecule has 1 atom stereocenters. The third-order valence-electron chi connectivity index (χ3n) is 5.86. The molecule has 1 aromatic heterocycles. The average molecular weight is 437 g/mol. The van der Waals surface area contributed by atoms with Crippen LogP contribution in [0.4, 0.5) is 5.82 Å². The number of fused-ring (bicyclic) bond motifs is 1. The van der Waals surface area contributed by atoms with E-state index in [1.807, 2.05) is 30.3 Å². The summed E-state index contributed by atoms with van der Waals surface area (Å²) in [4.78, 5) is 11.3. The molecular formula is C25H32N4O3. The molecule has 4 rings (SSSR count). The number of hydrogen-bond donors (Lipinski definition) is 1. The van der Waals surface area contributed by atoms with Crippen molar-refractivity contribution < 1.29 is 14.2 Å². The molecule has 1 fully saturated rings. The predicted octanol–water partition coefficient (Wildman–Crippen LogP) is 4.30. The number of anilines is 1. The molecule has 7 nitrogen and oxygen atoms in total. The first-order valence-corrected chi connectivity index (χ1v) is 11.2. The van der Waals surface area contributed by atoms with E-state index >= 15 is 0 Å². The Morgan fingerprint density at radius 3 is 2.59 bits per heavy atom. The molecule has 2 heterocycles. The SMILES string of the molecule is COCCOc1cc2ncnc(N[C@H](C)c3ccccc3)c2cc1OC1CCN(C)CC1. The summed E-state index contributed by atoms with van der Waals surface area (Å²) in [6, 6.07) is 14.4. The first-order valence-electron chi connectivity index (χ1n) is 11.2. The molecule has 0 spiro atoms. The highest BCUT2D eigenvalue weighted by atomic mass is 16.5. The number of hydrogen-bond acceptors (Lipinski definition) is 7. The molecule has 7 heteroatoms. The Balaban J connectivity index is 1.63. The van der Waals surface area contributed by atoms with Gasteiger partial charge in [-0.2, -0.15) is 0 Å². The number of ether oxygens (including phenoxy) is 3. The number of piperidine rings is 1. The molecule has 0 amide bonds. The fourth-order valence-electron chi connectivity index (χ4n) is 3.93. The lowest BCUT2D eigenvalue weighted by molar-refractivity contribution is 0.105. The molecule has 1 aliphatic heterocycles. The summed E-state index contributed by atoms with van der Waals surface area (Å²) in [5.74, 6) is 2.20. The van der Waals surface area contributed by atoms with Crippen LogP contribution in [0.2, 0.25) is 0 Å². The fourth-order valence-corrected chi connectivity index (χ4v) is 3.93. The molecule has 1 saturated heterocycles. The Morgan fingerprint density at radius 2 is 1.84 bits per heavy atom. The molecular weight excluding hydrogens is 404 g/mol. The highest BCUT2D eigenvalue weighted by Gasteiger charge is 2.21. The van der Waals surface area contributed by atoms with Crippen molar-refractivity contribution >= 4 is 16.7 Å². The molecule has 170 valence electrons. The highest BCUT2D eigenvalue weighted by molar-refractivity contribution is 5.91. The van der Waals surface area contributed by atoms with Crippen LogP contribution < -0.4 is 14.8 Å². The molecule has 0 bridgehead atoms. The van der Waals surface area contributed by atoms with E-state index in [0.29, 0.717) is 19.0 Å². The van der Waals surface area contributed by atoms with E-state index in [4.69, 9.17) is 14.2 Å². The van der Waals surface area contributed by atoms with Crippen LogP contribution in [0, 0.1) is 0 Å². The Kier molecular flexibility index (Phi) is 7.39. The van der Waals surface area contributed by atoms with Gasteiger partial charge in [-0.1, -0.05) is 30.3 Å². The number of benzene rings is 2. The molecule has 3 aromatic rings. The van der Waals surface area contributed by atoms with Gasteiger partial charge >= 0.3 is 0 Å². The van der Waals surface area contributed by atoms with Gasteiger partial charge in [-0.25, -0.2) is 9.97 Å². The average Bonchev–Trinajstić information content (AvgIpc) is 2.82. The minimum absolute atomic E-state index is 0.102. The maximum Gasteiger partial charge on any atom is 0.163 e. The minimum Gasteiger partial charge on any atom is -0.487 e. The van der Waals surface area contributed by atoms with Crippen molar-refractivity contribution in [3.8, 4) is 11.5 Å². The van der Waals surface area contributed by atoms with E-state index in [0.717, 1.165) is 48.4 Å². The zero-order valence-electron chi connectivity index (χ0n) is 19.1. The molecule has 0 radical (unpaired) electrons. The highest BCUT2D eigenvalue weighted by Crippen LogP contribution is 2.36. The Hall–Kier alpha value is -2.90. The van der Waals surface area contributed by atoms with Gasteiger partial charge in [0.05, 0.1) is 12.1 Å². The molecule has 0 unspecified atom stereocenters. The maximum absolute atomic E-state index is 6.44. The molecule has 1 aliphatic rings. The Labute approximate surface area is 189 Å². The topological polar surface area (TPSA) is 68.7 Å². The van der Waals surface area contributed by atoms with Gasteiger partial charge in [0.15, 0.2) is 11.5 Å². The van der Waals surface area contributed by atoms with E-state index < -0.39 is 0 Å². The van der Waals surface area contributed by atoms with Crippen LogP contribution in [0.15, 0.2) is 48.8 Å². The normalized spacial score (nSPS) is 16.1. The lowest BCUT2D eigenvalue weighted by Gasteiger charge is -2.30. The van der Waals surface area contributed by atoms with Gasteiger partial charge in [0.2, 0.25) is 0 Å². The quantitative estimate of drug-likeness (QED) is 0.502. The minimum atomic E-state index is 0.102. The summed E-state index contributed by atoms with van der Waals surface area (Å²) in [7, 11) is 3.81. The van der Waals surface area contributed by atoms with E-state index in [9.17, 15) is 0 Å². The molecule has 2 aromatic carbocycles. The fraction of sp³-hybridized carbons (Fsp3) is 0.440. The number of aromatic nitrogens is 2. The summed E-state index contributed by atoms with van der Waals surface area (Å²) in [6.07, 6.45) is 3.73. The van der Waals surface area contributed by atoms with E-state index in [1.165, 1.54) is 5.56 Å². The smallest absolute Gasteiger partial charge is 0.163 e. The molecule has 0 aliphatic carbocycles. The number of nitrogens with zero attached hydrogens (tertiary/aromatic N) is 3. The van der Waals surface area contributed by atoms with Crippen molar-refractivity contribution in [1.29, 1.82) is 0 Å². The van der Waals surface area contributed by atoms with Crippen molar-refractivity contribution in [1.82, 2.24) is 14.9 Å². The third kappa shape index (κ3) is 5.47. The second-order valence-corrected chi connectivity index (χ2v) is 8.28. The van der Waals surface area contributed by atoms with Gasteiger partial charge in [-0.15, -0.1) is 0 Å². The first-order chi connectivity index (χ1) is 15.6. The van der Waals surface area contributed by atoms with Gasteiger partial charge < -0.3 is 24.4 Å². The second kappa shape index (κ2) is 10.6. The third-order valence-corrected chi connectivity index (χ3v) is 5.86. The zero-order chi connectivity index (χ0) is 22.3. The largest absolute Gasteiger partial charge is 0.487 e. The van der Waals surface area contributed by atoms with Crippen LogP contribution in [0.25, 0.3) is 10.9 Å². The van der Waals surface area contributed by atoms with Gasteiger partial charge in [0.1, 0.15) is 24.9 Å². The van der Waals surface area contributed by atoms with Crippen molar-refractivity contribution in [3.05, 3.63) is 54.4 Å². The maximum atomic E-state index is 6.44. The van der Waals surface area contributed by atoms with Crippen molar-refractivity contribution in [2.75, 3.05) is 45.8 Å². The summed E-state index contributed by atoms with van der Waals surface area (Å²) in [5, 5.41) is 4.45. The number of nitrogens with one attached hydrogen (secondary N) is 1. The van der Waals surface area contributed by atoms with Gasteiger partial charge in [-0.05, 0) is 38.4 Å². The monoisotopic (exact) mass is 436 g/mol. The number of methoxy groups -OCH3 is 1. The van der Waals surface area contributed by atoms with E-state index in [-0.39, 0.29) is 12.1 Å². The lowest BCUT2D eigenvalue weighted by Crippen LogP contribution is -2.35. The molecule has 32 heavy (non-hydrogen) atoms. The number of likely N-dealkylation sites (tertiary alicyclic amines) is 1. The summed E-state index contributed by atoms with van der Waals surface area (Å²) >= 11 is 0. The van der Waals surface area contributed by atoms with Crippen LogP contribution in [0.3, 0.4) is 0 Å². The van der Waals surface area contributed by atoms with E-state index in [1.54, 1.807) is 13.4 Å². The van der Waals surface area contributed by atoms with Crippen LogP contribution >= 0.6 is 0 Å².